The molecule has 0 aliphatic rings. The van der Waals surface area contributed by atoms with Crippen LogP contribution in [0, 0.1) is 0 Å². The molecular weight excluding hydrogens is 683 g/mol. The van der Waals surface area contributed by atoms with E-state index in [4.69, 9.17) is 0 Å². The maximum atomic E-state index is 13.7. The van der Waals surface area contributed by atoms with E-state index < -0.39 is 38.0 Å². The molecule has 0 fully saturated rings. The van der Waals surface area contributed by atoms with Gasteiger partial charge in [0.05, 0.1) is 16.2 Å². The number of hydrogen-bond acceptors (Lipinski definition) is 7. The highest BCUT2D eigenvalue weighted by molar-refractivity contribution is 7.86. The molecular formula is C36H27N3O9S2. The fourth-order valence-electron chi connectivity index (χ4n) is 5.40. The number of hydrogen-bond donors (Lipinski definition) is 5. The first-order chi connectivity index (χ1) is 23.7. The molecule has 0 saturated heterocycles. The van der Waals surface area contributed by atoms with Gasteiger partial charge in [0.25, 0.3) is 32.1 Å². The zero-order valence-electron chi connectivity index (χ0n) is 25.8. The Bertz CT molecular complexity index is 2410. The van der Waals surface area contributed by atoms with Gasteiger partial charge in [-0.05, 0) is 70.9 Å². The van der Waals surface area contributed by atoms with Gasteiger partial charge >= 0.3 is 0 Å². The number of amides is 3. The fourth-order valence-corrected chi connectivity index (χ4v) is 6.43. The first-order valence-corrected chi connectivity index (χ1v) is 17.7. The third kappa shape index (κ3) is 7.69. The summed E-state index contributed by atoms with van der Waals surface area (Å²) < 4.78 is 65.5. The van der Waals surface area contributed by atoms with Crippen molar-refractivity contribution in [2.75, 3.05) is 16.0 Å². The lowest BCUT2D eigenvalue weighted by Crippen LogP contribution is -2.19. The summed E-state index contributed by atoms with van der Waals surface area (Å²) in [4.78, 5) is 39.7. The van der Waals surface area contributed by atoms with E-state index in [1.54, 1.807) is 60.7 Å². The zero-order chi connectivity index (χ0) is 35.6. The number of benzene rings is 6. The second kappa shape index (κ2) is 13.5. The molecule has 6 aromatic carbocycles. The molecule has 3 amide bonds. The lowest BCUT2D eigenvalue weighted by molar-refractivity contribution is -0.115. The fraction of sp³-hybridized carbons (Fsp3) is 0.0278. The summed E-state index contributed by atoms with van der Waals surface area (Å²) in [6, 6.07) is 30.6. The van der Waals surface area contributed by atoms with E-state index in [2.05, 4.69) is 16.0 Å². The van der Waals surface area contributed by atoms with E-state index in [-0.39, 0.29) is 33.0 Å². The molecule has 0 aromatic heterocycles. The van der Waals surface area contributed by atoms with Gasteiger partial charge in [-0.15, -0.1) is 0 Å². The number of carbonyl (C=O) groups is 3. The molecule has 252 valence electrons. The van der Waals surface area contributed by atoms with Crippen LogP contribution in [0.1, 0.15) is 26.3 Å². The largest absolute Gasteiger partial charge is 0.326 e. The third-order valence-corrected chi connectivity index (χ3v) is 9.44. The zero-order valence-corrected chi connectivity index (χ0v) is 27.5. The minimum atomic E-state index is -4.46. The Kier molecular flexibility index (Phi) is 9.18. The number of nitrogens with one attached hydrogen (secondary N) is 3. The van der Waals surface area contributed by atoms with Crippen molar-refractivity contribution in [1.82, 2.24) is 0 Å². The molecule has 50 heavy (non-hydrogen) atoms. The lowest BCUT2D eigenvalue weighted by atomic mass is 10.0. The second-order valence-electron chi connectivity index (χ2n) is 11.2. The van der Waals surface area contributed by atoms with Gasteiger partial charge in [-0.3, -0.25) is 23.5 Å². The van der Waals surface area contributed by atoms with Gasteiger partial charge in [0.15, 0.2) is 0 Å². The van der Waals surface area contributed by atoms with Crippen LogP contribution in [0.3, 0.4) is 0 Å². The number of anilines is 3. The molecule has 6 rings (SSSR count). The van der Waals surface area contributed by atoms with Crippen molar-refractivity contribution in [3.05, 3.63) is 138 Å². The van der Waals surface area contributed by atoms with E-state index in [9.17, 15) is 40.3 Å². The summed E-state index contributed by atoms with van der Waals surface area (Å²) in [7, 11) is -8.92. The van der Waals surface area contributed by atoms with Crippen molar-refractivity contribution in [2.45, 2.75) is 16.2 Å². The summed E-state index contributed by atoms with van der Waals surface area (Å²) in [5.41, 5.74) is 1.57. The van der Waals surface area contributed by atoms with Crippen LogP contribution in [-0.2, 0) is 31.5 Å². The summed E-state index contributed by atoms with van der Waals surface area (Å²) in [6.45, 7) is 0. The predicted octanol–water partition coefficient (Wildman–Crippen LogP) is 6.17. The van der Waals surface area contributed by atoms with Crippen LogP contribution in [0.4, 0.5) is 17.1 Å². The third-order valence-electron chi connectivity index (χ3n) is 7.74. The smallest absolute Gasteiger partial charge is 0.294 e. The minimum Gasteiger partial charge on any atom is -0.326 e. The van der Waals surface area contributed by atoms with Crippen LogP contribution in [0.5, 0.6) is 0 Å². The molecule has 6 aromatic rings. The van der Waals surface area contributed by atoms with E-state index in [1.165, 1.54) is 54.6 Å². The Balaban J connectivity index is 1.34. The van der Waals surface area contributed by atoms with Gasteiger partial charge in [-0.1, -0.05) is 66.7 Å². The Morgan fingerprint density at radius 2 is 1.00 bits per heavy atom. The van der Waals surface area contributed by atoms with Crippen LogP contribution in [-0.4, -0.2) is 43.7 Å². The number of fused-ring (bicyclic) bond motifs is 2. The van der Waals surface area contributed by atoms with E-state index in [0.717, 1.165) is 5.56 Å². The Hall–Kier alpha value is -5.93. The Labute approximate surface area is 286 Å². The molecule has 0 heterocycles. The molecule has 0 atom stereocenters. The van der Waals surface area contributed by atoms with E-state index in [1.807, 2.05) is 6.07 Å². The highest BCUT2D eigenvalue weighted by Gasteiger charge is 2.18. The van der Waals surface area contributed by atoms with Crippen LogP contribution in [0.15, 0.2) is 131 Å². The lowest BCUT2D eigenvalue weighted by Gasteiger charge is -2.14. The number of carbonyl (C=O) groups excluding carboxylic acids is 3. The van der Waals surface area contributed by atoms with Crippen LogP contribution >= 0.6 is 0 Å². The van der Waals surface area contributed by atoms with Gasteiger partial charge in [-0.25, -0.2) is 0 Å². The molecule has 0 bridgehead atoms. The van der Waals surface area contributed by atoms with Crippen molar-refractivity contribution >= 4 is 76.6 Å². The standard InChI is InChI=1S/C36H27N3O9S2/c40-34(16-22-6-2-1-3-7-22)37-27-18-25(35(41)38-32-10-4-8-23-20-28(49(43,44)45)12-14-30(23)32)17-26(19-27)36(42)39-33-11-5-9-24-21-29(50(46,47)48)13-15-31(24)33/h1-15,17-21H,16H2,(H,37,40)(H,38,41)(H,39,42)(H,43,44,45)(H,46,47,48). The van der Waals surface area contributed by atoms with Gasteiger partial charge in [0.1, 0.15) is 0 Å². The quantitative estimate of drug-likeness (QED) is 0.109. The topological polar surface area (TPSA) is 196 Å². The first kappa shape index (κ1) is 34.0. The minimum absolute atomic E-state index is 0.00920. The first-order valence-electron chi connectivity index (χ1n) is 14.9. The number of rotatable bonds is 9. The monoisotopic (exact) mass is 709 g/mol. The normalized spacial score (nSPS) is 11.6. The Morgan fingerprint density at radius 3 is 1.46 bits per heavy atom. The molecule has 0 spiro atoms. The van der Waals surface area contributed by atoms with Gasteiger partial charge in [-0.2, -0.15) is 16.8 Å². The summed E-state index contributed by atoms with van der Waals surface area (Å²) >= 11 is 0. The van der Waals surface area contributed by atoms with Crippen molar-refractivity contribution < 1.29 is 40.3 Å². The highest BCUT2D eigenvalue weighted by Crippen LogP contribution is 2.29. The van der Waals surface area contributed by atoms with E-state index in [0.29, 0.717) is 32.9 Å². The van der Waals surface area contributed by atoms with Crippen LogP contribution in [0.2, 0.25) is 0 Å². The second-order valence-corrected chi connectivity index (χ2v) is 14.1. The summed E-state index contributed by atoms with van der Waals surface area (Å²) in [5, 5.41) is 10.1. The van der Waals surface area contributed by atoms with Gasteiger partial charge < -0.3 is 16.0 Å². The van der Waals surface area contributed by atoms with E-state index >= 15 is 0 Å². The summed E-state index contributed by atoms with van der Waals surface area (Å²) in [5.74, 6) is -1.69. The SMILES string of the molecule is O=C(Cc1ccccc1)Nc1cc(C(=O)Nc2cccc3cc(S(=O)(=O)O)ccc23)cc(C(=O)Nc2cccc3cc(S(=O)(=O)O)ccc23)c1. The average Bonchev–Trinajstić information content (AvgIpc) is 3.07. The maximum Gasteiger partial charge on any atom is 0.294 e. The predicted molar refractivity (Wildman–Crippen MR) is 189 cm³/mol. The van der Waals surface area contributed by atoms with Crippen LogP contribution in [0.25, 0.3) is 21.5 Å². The average molecular weight is 710 g/mol. The van der Waals surface area contributed by atoms with Crippen molar-refractivity contribution in [1.29, 1.82) is 0 Å². The molecule has 0 radical (unpaired) electrons. The van der Waals surface area contributed by atoms with Crippen LogP contribution < -0.4 is 16.0 Å². The molecule has 0 saturated carbocycles. The van der Waals surface area contributed by atoms with Gasteiger partial charge in [0, 0.05) is 39.0 Å². The molecule has 0 aliphatic heterocycles. The van der Waals surface area contributed by atoms with Crippen molar-refractivity contribution in [3.8, 4) is 0 Å². The van der Waals surface area contributed by atoms with Crippen molar-refractivity contribution in [3.63, 3.8) is 0 Å². The van der Waals surface area contributed by atoms with Crippen molar-refractivity contribution in [2.24, 2.45) is 0 Å². The molecule has 0 aliphatic carbocycles. The molecule has 14 heteroatoms. The summed E-state index contributed by atoms with van der Waals surface area (Å²) in [6.07, 6.45) is 0.0297. The highest BCUT2D eigenvalue weighted by atomic mass is 32.2. The molecule has 5 N–H and O–H groups in total. The molecule has 12 nitrogen and oxygen atoms in total. The van der Waals surface area contributed by atoms with Gasteiger partial charge in [0.2, 0.25) is 5.91 Å². The molecule has 0 unspecified atom stereocenters. The maximum absolute atomic E-state index is 13.7. The Morgan fingerprint density at radius 1 is 0.520 bits per heavy atom.